The number of anilines is 1. The number of benzene rings is 3. The third-order valence-corrected chi connectivity index (χ3v) is 6.39. The van der Waals surface area contributed by atoms with Gasteiger partial charge in [0, 0.05) is 5.69 Å². The molecule has 3 aromatic rings. The highest BCUT2D eigenvalue weighted by Gasteiger charge is 2.24. The molecule has 0 bridgehead atoms. The number of amides is 2. The molecule has 1 aliphatic heterocycles. The monoisotopic (exact) mass is 535 g/mol. The number of thioether (sulfide) groups is 1. The Morgan fingerprint density at radius 1 is 1.06 bits per heavy atom. The third-order valence-electron chi connectivity index (χ3n) is 4.86. The zero-order valence-corrected chi connectivity index (χ0v) is 21.0. The molecule has 1 aliphatic rings. The molecule has 0 atom stereocenters. The summed E-state index contributed by atoms with van der Waals surface area (Å²) in [5, 5.41) is 6.13. The van der Waals surface area contributed by atoms with Gasteiger partial charge >= 0.3 is 0 Å². The van der Waals surface area contributed by atoms with Gasteiger partial charge in [-0.3, -0.25) is 9.59 Å². The highest BCUT2D eigenvalue weighted by Crippen LogP contribution is 2.31. The molecule has 6 nitrogen and oxygen atoms in total. The van der Waals surface area contributed by atoms with Gasteiger partial charge in [0.05, 0.1) is 15.1 Å². The van der Waals surface area contributed by atoms with Crippen molar-refractivity contribution in [2.75, 3.05) is 11.9 Å². The van der Waals surface area contributed by atoms with Crippen LogP contribution in [0.1, 0.15) is 16.7 Å². The maximum Gasteiger partial charge on any atom is 0.264 e. The van der Waals surface area contributed by atoms with E-state index in [1.165, 1.54) is 11.8 Å². The summed E-state index contributed by atoms with van der Waals surface area (Å²) in [6.45, 7) is 3.88. The van der Waals surface area contributed by atoms with E-state index in [9.17, 15) is 9.59 Å². The van der Waals surface area contributed by atoms with Gasteiger partial charge in [0.25, 0.3) is 11.8 Å². The fraction of sp³-hybridized carbons (Fsp3) is 0.115. The van der Waals surface area contributed by atoms with Crippen molar-refractivity contribution in [3.8, 4) is 5.75 Å². The minimum absolute atomic E-state index is 0.121. The normalized spacial score (nSPS) is 15.4. The summed E-state index contributed by atoms with van der Waals surface area (Å²) in [7, 11) is 0. The zero-order valence-electron chi connectivity index (χ0n) is 18.6. The number of nitrogens with zero attached hydrogens (tertiary/aromatic N) is 1. The molecule has 2 amide bonds. The van der Waals surface area contributed by atoms with E-state index < -0.39 is 0 Å². The first-order valence-corrected chi connectivity index (χ1v) is 12.1. The Hall–Kier alpha value is -3.36. The van der Waals surface area contributed by atoms with Crippen LogP contribution in [0.2, 0.25) is 0 Å². The summed E-state index contributed by atoms with van der Waals surface area (Å²) in [6, 6.07) is 20.8. The Balaban J connectivity index is 1.37. The van der Waals surface area contributed by atoms with Crippen molar-refractivity contribution in [3.63, 3.8) is 0 Å². The van der Waals surface area contributed by atoms with Gasteiger partial charge in [0.2, 0.25) is 0 Å². The molecule has 0 aliphatic carbocycles. The lowest BCUT2D eigenvalue weighted by molar-refractivity contribution is -0.118. The fourth-order valence-electron chi connectivity index (χ4n) is 3.07. The van der Waals surface area contributed by atoms with E-state index in [1.807, 2.05) is 74.5 Å². The first-order valence-electron chi connectivity index (χ1n) is 10.5. The Bertz CT molecular complexity index is 1290. The number of amidine groups is 1. The van der Waals surface area contributed by atoms with E-state index in [-0.39, 0.29) is 18.4 Å². The molecule has 1 heterocycles. The van der Waals surface area contributed by atoms with Crippen LogP contribution in [-0.2, 0) is 9.59 Å². The van der Waals surface area contributed by atoms with Gasteiger partial charge in [-0.1, -0.05) is 41.5 Å². The first-order chi connectivity index (χ1) is 16.4. The van der Waals surface area contributed by atoms with E-state index in [1.54, 1.807) is 12.1 Å². The first kappa shape index (κ1) is 23.8. The molecule has 1 fully saturated rings. The predicted molar refractivity (Wildman–Crippen MR) is 141 cm³/mol. The largest absolute Gasteiger partial charge is 0.483 e. The molecule has 2 N–H and O–H groups in total. The second-order valence-electron chi connectivity index (χ2n) is 7.71. The lowest BCUT2D eigenvalue weighted by Gasteiger charge is -2.10. The number of rotatable bonds is 6. The van der Waals surface area contributed by atoms with Crippen LogP contribution in [0, 0.1) is 13.8 Å². The number of nitrogens with one attached hydrogen (secondary N) is 2. The molecule has 0 aromatic heterocycles. The summed E-state index contributed by atoms with van der Waals surface area (Å²) >= 11 is 4.77. The minimum Gasteiger partial charge on any atom is -0.483 e. The Morgan fingerprint density at radius 2 is 1.74 bits per heavy atom. The summed E-state index contributed by atoms with van der Waals surface area (Å²) in [4.78, 5) is 29.6. The van der Waals surface area contributed by atoms with Crippen molar-refractivity contribution in [3.05, 3.63) is 92.8 Å². The maximum atomic E-state index is 12.4. The van der Waals surface area contributed by atoms with E-state index in [0.29, 0.717) is 20.3 Å². The molecule has 3 aromatic carbocycles. The van der Waals surface area contributed by atoms with Crippen LogP contribution in [-0.4, -0.2) is 23.6 Å². The number of carbonyl (C=O) groups excluding carboxylic acids is 2. The Labute approximate surface area is 210 Å². The van der Waals surface area contributed by atoms with Crippen LogP contribution >= 0.6 is 27.7 Å². The van der Waals surface area contributed by atoms with Crippen LogP contribution in [0.15, 0.2) is 81.1 Å². The lowest BCUT2D eigenvalue weighted by atomic mass is 10.2. The van der Waals surface area contributed by atoms with Gasteiger partial charge in [-0.15, -0.1) is 0 Å². The van der Waals surface area contributed by atoms with Gasteiger partial charge in [0.15, 0.2) is 11.8 Å². The van der Waals surface area contributed by atoms with Gasteiger partial charge in [-0.2, -0.15) is 0 Å². The summed E-state index contributed by atoms with van der Waals surface area (Å²) in [5.41, 5.74) is 4.59. The van der Waals surface area contributed by atoms with Crippen molar-refractivity contribution >= 4 is 62.1 Å². The molecule has 34 heavy (non-hydrogen) atoms. The van der Waals surface area contributed by atoms with E-state index in [2.05, 4.69) is 31.6 Å². The number of carbonyl (C=O) groups is 2. The standard InChI is InChI=1S/C26H22BrN3O3S/c1-16-3-8-19(9-4-16)28-24(31)15-33-22-12-7-18(13-21(22)27)14-23-25(32)30-26(34-23)29-20-10-5-17(2)6-11-20/h3-14H,15H2,1-2H3,(H,28,31)(H,29,30,32)/b23-14+. The number of aliphatic imine (C=N–C) groups is 1. The van der Waals surface area contributed by atoms with Crippen LogP contribution in [0.25, 0.3) is 6.08 Å². The average molecular weight is 536 g/mol. The number of hydrogen-bond donors (Lipinski definition) is 2. The second kappa shape index (κ2) is 10.7. The third kappa shape index (κ3) is 6.36. The number of aryl methyl sites for hydroxylation is 2. The van der Waals surface area contributed by atoms with Crippen molar-refractivity contribution in [2.45, 2.75) is 13.8 Å². The zero-order chi connectivity index (χ0) is 24.1. The van der Waals surface area contributed by atoms with Gasteiger partial charge in [-0.05, 0) is 89.6 Å². The van der Waals surface area contributed by atoms with E-state index >= 15 is 0 Å². The van der Waals surface area contributed by atoms with Crippen molar-refractivity contribution in [2.24, 2.45) is 4.99 Å². The fourth-order valence-corrected chi connectivity index (χ4v) is 4.42. The summed E-state index contributed by atoms with van der Waals surface area (Å²) in [5.74, 6) is 0.0906. The van der Waals surface area contributed by atoms with Gasteiger partial charge in [-0.25, -0.2) is 4.99 Å². The molecule has 0 unspecified atom stereocenters. The maximum absolute atomic E-state index is 12.4. The van der Waals surface area contributed by atoms with Crippen LogP contribution < -0.4 is 15.4 Å². The number of halogens is 1. The molecule has 0 radical (unpaired) electrons. The Morgan fingerprint density at radius 3 is 2.41 bits per heavy atom. The van der Waals surface area contributed by atoms with Crippen molar-refractivity contribution in [1.82, 2.24) is 5.32 Å². The molecular weight excluding hydrogens is 514 g/mol. The quantitative estimate of drug-likeness (QED) is 0.380. The highest BCUT2D eigenvalue weighted by molar-refractivity contribution is 9.10. The van der Waals surface area contributed by atoms with Crippen molar-refractivity contribution < 1.29 is 14.3 Å². The van der Waals surface area contributed by atoms with Crippen LogP contribution in [0.5, 0.6) is 5.75 Å². The number of hydrogen-bond acceptors (Lipinski definition) is 5. The number of ether oxygens (including phenoxy) is 1. The lowest BCUT2D eigenvalue weighted by Crippen LogP contribution is -2.20. The molecular formula is C26H22BrN3O3S. The van der Waals surface area contributed by atoms with E-state index in [4.69, 9.17) is 4.74 Å². The second-order valence-corrected chi connectivity index (χ2v) is 9.60. The minimum atomic E-state index is -0.249. The molecule has 4 rings (SSSR count). The molecule has 8 heteroatoms. The Kier molecular flexibility index (Phi) is 7.49. The highest BCUT2D eigenvalue weighted by atomic mass is 79.9. The smallest absolute Gasteiger partial charge is 0.264 e. The summed E-state index contributed by atoms with van der Waals surface area (Å²) < 4.78 is 6.33. The molecule has 172 valence electrons. The average Bonchev–Trinajstić information content (AvgIpc) is 3.14. The molecule has 0 saturated carbocycles. The molecule has 0 spiro atoms. The molecule has 1 saturated heterocycles. The van der Waals surface area contributed by atoms with E-state index in [0.717, 1.165) is 28.1 Å². The van der Waals surface area contributed by atoms with Gasteiger partial charge in [0.1, 0.15) is 5.75 Å². The SMILES string of the molecule is Cc1ccc(N=C2NC(=O)/C(=C\c3ccc(OCC(=O)Nc4ccc(C)cc4)c(Br)c3)S2)cc1. The van der Waals surface area contributed by atoms with Crippen LogP contribution in [0.4, 0.5) is 11.4 Å². The van der Waals surface area contributed by atoms with Crippen molar-refractivity contribution in [1.29, 1.82) is 0 Å². The van der Waals surface area contributed by atoms with Gasteiger partial charge < -0.3 is 15.4 Å². The topological polar surface area (TPSA) is 79.8 Å². The predicted octanol–water partition coefficient (Wildman–Crippen LogP) is 5.98. The summed E-state index contributed by atoms with van der Waals surface area (Å²) in [6.07, 6.45) is 1.79. The van der Waals surface area contributed by atoms with Crippen LogP contribution in [0.3, 0.4) is 0 Å².